The van der Waals surface area contributed by atoms with Gasteiger partial charge in [-0.3, -0.25) is 0 Å². The van der Waals surface area contributed by atoms with Gasteiger partial charge in [0.25, 0.3) is 0 Å². The molecule has 0 spiro atoms. The highest BCUT2D eigenvalue weighted by atomic mass is 32.1. The number of hydrogen-bond acceptors (Lipinski definition) is 2. The minimum atomic E-state index is -0.0480. The molecule has 0 amide bonds. The van der Waals surface area contributed by atoms with Crippen molar-refractivity contribution in [2.24, 2.45) is 35.5 Å². The number of hydrogen-bond donors (Lipinski definition) is 0. The van der Waals surface area contributed by atoms with Gasteiger partial charge in [-0.15, -0.1) is 11.3 Å². The third-order valence-electron chi connectivity index (χ3n) is 22.7. The van der Waals surface area contributed by atoms with Gasteiger partial charge in [-0.2, -0.15) is 0 Å². The molecule has 390 valence electrons. The van der Waals surface area contributed by atoms with Crippen LogP contribution in [0, 0.1) is 35.5 Å². The summed E-state index contributed by atoms with van der Waals surface area (Å²) >= 11 is 1.96. The van der Waals surface area contributed by atoms with Gasteiger partial charge in [0.2, 0.25) is 0 Å². The number of fused-ring (bicyclic) bond motifs is 12. The van der Waals surface area contributed by atoms with Crippen LogP contribution in [0.15, 0.2) is 170 Å². The molecule has 8 saturated carbocycles. The summed E-state index contributed by atoms with van der Waals surface area (Å²) in [7, 11) is 0. The van der Waals surface area contributed by atoms with Crippen LogP contribution in [0.25, 0.3) is 86.1 Å². The molecule has 4 heterocycles. The van der Waals surface area contributed by atoms with Crippen LogP contribution in [0.2, 0.25) is 0 Å². The van der Waals surface area contributed by atoms with Crippen LogP contribution in [0.3, 0.4) is 0 Å². The van der Waals surface area contributed by atoms with E-state index in [9.17, 15) is 0 Å². The van der Waals surface area contributed by atoms with Crippen molar-refractivity contribution < 1.29 is 0 Å². The predicted octanol–water partition coefficient (Wildman–Crippen LogP) is 19.3. The van der Waals surface area contributed by atoms with E-state index in [0.717, 1.165) is 35.5 Å². The first-order valence-electron chi connectivity index (χ1n) is 30.8. The van der Waals surface area contributed by atoms with E-state index < -0.39 is 0 Å². The van der Waals surface area contributed by atoms with Gasteiger partial charge in [0, 0.05) is 58.8 Å². The third-order valence-corrected chi connectivity index (χ3v) is 23.9. The second-order valence-corrected chi connectivity index (χ2v) is 29.6. The fraction of sp³-hybridized carbons (Fsp3) is 0.316. The Morgan fingerprint density at radius 1 is 0.463 bits per heavy atom. The fourth-order valence-corrected chi connectivity index (χ4v) is 21.3. The molecule has 8 aliphatic carbocycles. The second-order valence-electron chi connectivity index (χ2n) is 28.5. The van der Waals surface area contributed by atoms with Gasteiger partial charge in [0.15, 0.2) is 0 Å². The highest BCUT2D eigenvalue weighted by molar-refractivity contribution is 7.26. The van der Waals surface area contributed by atoms with Gasteiger partial charge < -0.3 is 9.38 Å². The summed E-state index contributed by atoms with van der Waals surface area (Å²) in [6.07, 6.45) is 17.0. The summed E-state index contributed by atoms with van der Waals surface area (Å²) < 4.78 is 5.60. The molecule has 0 saturated heterocycles. The van der Waals surface area contributed by atoms with Gasteiger partial charge >= 0.3 is 6.85 Å². The number of nitrogens with zero attached hydrogens (tertiary/aromatic N) is 2. The number of benzene rings is 9. The van der Waals surface area contributed by atoms with E-state index in [1.807, 2.05) is 11.3 Å². The van der Waals surface area contributed by atoms with Crippen LogP contribution in [-0.2, 0) is 16.2 Å². The standard InChI is InChI=1S/C76H67BN2S/c1-74(2,3)55-18-21-65(58(34-55)51-14-8-5-9-15-51)78-67-32-54(50-12-6-4-7-13-50)31-60-62-37-57(76-41-47-27-48(42-76)29-49(28-47)43-76)36-61-59-35-56(75-38-44-24-45(39-75)26-46(25-44)40-75)19-22-66(59)79(72(61)62)77(71(60)67)64-20-23-68-70(73(64)78)63-30-52-16-10-11-17-53(52)33-69(63)80-68/h4-23,30-37,44-49H,24-29,38-43H2,1-3H3. The minimum absolute atomic E-state index is 0.0360. The van der Waals surface area contributed by atoms with Crippen LogP contribution >= 0.6 is 11.3 Å². The monoisotopic (exact) mass is 1050 g/mol. The molecule has 80 heavy (non-hydrogen) atoms. The molecule has 0 unspecified atom stereocenters. The van der Waals surface area contributed by atoms with Crippen LogP contribution in [0.5, 0.6) is 0 Å². The molecule has 4 heteroatoms. The lowest BCUT2D eigenvalue weighted by Gasteiger charge is -2.57. The number of anilines is 3. The Morgan fingerprint density at radius 2 is 1.07 bits per heavy atom. The van der Waals surface area contributed by atoms with Crippen molar-refractivity contribution >= 4 is 98.9 Å². The molecule has 2 nitrogen and oxygen atoms in total. The first-order chi connectivity index (χ1) is 39.1. The van der Waals surface area contributed by atoms with Crippen molar-refractivity contribution in [2.75, 3.05) is 4.90 Å². The zero-order chi connectivity index (χ0) is 52.5. The SMILES string of the molecule is CC(C)(C)c1ccc(N2c3cc(-c4ccccc4)cc4c3B(c3ccc5sc6cc7ccccc7cc6c5c32)n2c3ccc(C56CC7CC(CC(C7)C5)C6)cc3c3cc(C56CC7CC(CC(C7)C5)C6)cc-4c32)c(-c2ccccc2)c1. The maximum absolute atomic E-state index is 2.91. The zero-order valence-corrected chi connectivity index (χ0v) is 47.3. The van der Waals surface area contributed by atoms with E-state index in [0.29, 0.717) is 5.41 Å². The molecule has 2 aliphatic heterocycles. The van der Waals surface area contributed by atoms with Crippen molar-refractivity contribution in [1.82, 2.24) is 4.48 Å². The first-order valence-corrected chi connectivity index (χ1v) is 31.6. The Balaban J connectivity index is 0.966. The van der Waals surface area contributed by atoms with Gasteiger partial charge in [-0.1, -0.05) is 124 Å². The molecule has 10 aliphatic rings. The highest BCUT2D eigenvalue weighted by Crippen LogP contribution is 2.64. The summed E-state index contributed by atoms with van der Waals surface area (Å²) in [6, 6.07) is 68.2. The molecule has 9 aromatic carbocycles. The summed E-state index contributed by atoms with van der Waals surface area (Å²) in [4.78, 5) is 2.79. The highest BCUT2D eigenvalue weighted by Gasteiger charge is 2.54. The molecule has 21 rings (SSSR count). The first kappa shape index (κ1) is 45.8. The van der Waals surface area contributed by atoms with Gasteiger partial charge in [-0.25, -0.2) is 0 Å². The molecule has 8 bridgehead atoms. The molecule has 0 N–H and O–H groups in total. The Labute approximate surface area is 475 Å². The van der Waals surface area contributed by atoms with Crippen LogP contribution in [-0.4, -0.2) is 11.3 Å². The second kappa shape index (κ2) is 16.0. The quantitative estimate of drug-likeness (QED) is 0.156. The average Bonchev–Trinajstić information content (AvgIpc) is 2.82. The Kier molecular flexibility index (Phi) is 9.15. The zero-order valence-electron chi connectivity index (χ0n) is 46.5. The van der Waals surface area contributed by atoms with Crippen LogP contribution < -0.4 is 15.8 Å². The van der Waals surface area contributed by atoms with E-state index in [1.165, 1.54) is 197 Å². The molecular weight excluding hydrogens is 984 g/mol. The predicted molar refractivity (Wildman–Crippen MR) is 340 cm³/mol. The van der Waals surface area contributed by atoms with E-state index >= 15 is 0 Å². The van der Waals surface area contributed by atoms with E-state index in [2.05, 4.69) is 200 Å². The Hall–Kier alpha value is -6.88. The number of aromatic nitrogens is 1. The Morgan fingerprint density at radius 3 is 1.74 bits per heavy atom. The van der Waals surface area contributed by atoms with Crippen molar-refractivity contribution in [1.29, 1.82) is 0 Å². The molecule has 0 radical (unpaired) electrons. The van der Waals surface area contributed by atoms with Crippen LogP contribution in [0.1, 0.15) is 115 Å². The summed E-state index contributed by atoms with van der Waals surface area (Å²) in [6.45, 7) is 7.05. The van der Waals surface area contributed by atoms with E-state index in [1.54, 1.807) is 11.1 Å². The largest absolute Gasteiger partial charge is 0.375 e. The molecule has 2 aromatic heterocycles. The summed E-state index contributed by atoms with van der Waals surface area (Å²) in [5, 5.41) is 8.32. The number of rotatable bonds is 5. The van der Waals surface area contributed by atoms with Gasteiger partial charge in [-0.05, 0) is 256 Å². The normalized spacial score (nSPS) is 26.6. The molecule has 8 fully saturated rings. The lowest BCUT2D eigenvalue weighted by molar-refractivity contribution is -0.00527. The van der Waals surface area contributed by atoms with Crippen molar-refractivity contribution in [3.8, 4) is 33.4 Å². The minimum Gasteiger partial charge on any atom is -0.375 e. The molecule has 11 aromatic rings. The van der Waals surface area contributed by atoms with Crippen molar-refractivity contribution in [2.45, 2.75) is 114 Å². The lowest BCUT2D eigenvalue weighted by Crippen LogP contribution is -2.56. The van der Waals surface area contributed by atoms with E-state index in [-0.39, 0.29) is 17.7 Å². The maximum Gasteiger partial charge on any atom is 0.333 e. The van der Waals surface area contributed by atoms with E-state index in [4.69, 9.17) is 0 Å². The third kappa shape index (κ3) is 6.33. The lowest BCUT2D eigenvalue weighted by atomic mass is 9.44. The summed E-state index contributed by atoms with van der Waals surface area (Å²) in [5.74, 6) is 5.31. The molecule has 0 atom stereocenters. The smallest absolute Gasteiger partial charge is 0.333 e. The topological polar surface area (TPSA) is 8.17 Å². The maximum atomic E-state index is 2.91. The average molecular weight is 1050 g/mol. The Bertz CT molecular complexity index is 4420. The van der Waals surface area contributed by atoms with Crippen LogP contribution in [0.4, 0.5) is 17.1 Å². The molecular formula is C76H67BN2S. The van der Waals surface area contributed by atoms with Crippen molar-refractivity contribution in [3.05, 3.63) is 187 Å². The van der Waals surface area contributed by atoms with Gasteiger partial charge in [0.1, 0.15) is 0 Å². The van der Waals surface area contributed by atoms with Gasteiger partial charge in [0.05, 0.1) is 11.4 Å². The number of thiophene rings is 1. The van der Waals surface area contributed by atoms with Crippen molar-refractivity contribution in [3.63, 3.8) is 0 Å². The summed E-state index contributed by atoms with van der Waals surface area (Å²) in [5.41, 5.74) is 22.7. The fourth-order valence-electron chi connectivity index (χ4n) is 20.2.